The number of halogens is 2. The van der Waals surface area contributed by atoms with E-state index < -0.39 is 6.61 Å². The average Bonchev–Trinajstić information content (AvgIpc) is 2.73. The molecular formula is C21H24F2N2O4. The van der Waals surface area contributed by atoms with Crippen LogP contribution in [0.4, 0.5) is 14.5 Å². The van der Waals surface area contributed by atoms with E-state index in [2.05, 4.69) is 15.0 Å². The highest BCUT2D eigenvalue weighted by molar-refractivity contribution is 5.95. The van der Waals surface area contributed by atoms with Crippen molar-refractivity contribution < 1.29 is 27.8 Å². The Kier molecular flexibility index (Phi) is 6.74. The van der Waals surface area contributed by atoms with Crippen LogP contribution in [0.15, 0.2) is 42.5 Å². The topological polar surface area (TPSA) is 60.0 Å². The van der Waals surface area contributed by atoms with Crippen molar-refractivity contribution in [3.05, 3.63) is 48.0 Å². The summed E-state index contributed by atoms with van der Waals surface area (Å²) in [5.74, 6) is 0.467. The molecule has 2 aromatic rings. The molecule has 0 aromatic heterocycles. The summed E-state index contributed by atoms with van der Waals surface area (Å²) in [5.41, 5.74) is 1.31. The normalized spacial score (nSPS) is 16.4. The van der Waals surface area contributed by atoms with Gasteiger partial charge >= 0.3 is 6.61 Å². The Morgan fingerprint density at radius 3 is 2.59 bits per heavy atom. The molecule has 1 heterocycles. The van der Waals surface area contributed by atoms with Gasteiger partial charge < -0.3 is 24.4 Å². The summed E-state index contributed by atoms with van der Waals surface area (Å²) >= 11 is 0. The van der Waals surface area contributed by atoms with Crippen LogP contribution in [-0.4, -0.2) is 45.9 Å². The van der Waals surface area contributed by atoms with Crippen molar-refractivity contribution in [1.82, 2.24) is 5.32 Å². The van der Waals surface area contributed by atoms with Gasteiger partial charge in [0, 0.05) is 24.7 Å². The van der Waals surface area contributed by atoms with E-state index in [1.807, 2.05) is 24.3 Å². The molecular weight excluding hydrogens is 382 g/mol. The van der Waals surface area contributed by atoms with E-state index in [9.17, 15) is 13.6 Å². The zero-order valence-electron chi connectivity index (χ0n) is 16.4. The highest BCUT2D eigenvalue weighted by atomic mass is 19.3. The number of hydrogen-bond acceptors (Lipinski definition) is 5. The molecule has 1 fully saturated rings. The van der Waals surface area contributed by atoms with E-state index in [4.69, 9.17) is 9.47 Å². The first-order valence-corrected chi connectivity index (χ1v) is 9.33. The largest absolute Gasteiger partial charge is 0.495 e. The molecule has 156 valence electrons. The smallest absolute Gasteiger partial charge is 0.387 e. The van der Waals surface area contributed by atoms with E-state index >= 15 is 0 Å². The van der Waals surface area contributed by atoms with E-state index in [0.29, 0.717) is 12.1 Å². The third kappa shape index (κ3) is 5.07. The second-order valence-electron chi connectivity index (χ2n) is 6.67. The molecule has 1 amide bonds. The van der Waals surface area contributed by atoms with Crippen molar-refractivity contribution in [3.8, 4) is 17.2 Å². The van der Waals surface area contributed by atoms with Gasteiger partial charge in [0.05, 0.1) is 19.9 Å². The fourth-order valence-electron chi connectivity index (χ4n) is 3.48. The first-order valence-electron chi connectivity index (χ1n) is 9.33. The fraction of sp³-hybridized carbons (Fsp3) is 0.381. The van der Waals surface area contributed by atoms with E-state index in [-0.39, 0.29) is 23.4 Å². The van der Waals surface area contributed by atoms with Crippen molar-refractivity contribution in [2.24, 2.45) is 0 Å². The molecule has 0 radical (unpaired) electrons. The van der Waals surface area contributed by atoms with E-state index in [0.717, 1.165) is 30.8 Å². The lowest BCUT2D eigenvalue weighted by Gasteiger charge is -2.35. The van der Waals surface area contributed by atoms with Gasteiger partial charge in [-0.2, -0.15) is 8.78 Å². The van der Waals surface area contributed by atoms with Gasteiger partial charge in [-0.15, -0.1) is 0 Å². The molecule has 3 rings (SSSR count). The maximum atomic E-state index is 12.7. The molecule has 0 spiro atoms. The molecule has 0 saturated carbocycles. The van der Waals surface area contributed by atoms with Gasteiger partial charge in [-0.05, 0) is 43.2 Å². The van der Waals surface area contributed by atoms with Crippen molar-refractivity contribution in [2.45, 2.75) is 25.5 Å². The Labute approximate surface area is 168 Å². The molecule has 1 aliphatic rings. The number of piperidine rings is 1. The Morgan fingerprint density at radius 1 is 1.10 bits per heavy atom. The molecule has 1 N–H and O–H groups in total. The Morgan fingerprint density at radius 2 is 1.86 bits per heavy atom. The van der Waals surface area contributed by atoms with Crippen LogP contribution < -0.4 is 24.4 Å². The monoisotopic (exact) mass is 406 g/mol. The van der Waals surface area contributed by atoms with Crippen LogP contribution in [0.5, 0.6) is 17.2 Å². The van der Waals surface area contributed by atoms with Gasteiger partial charge in [0.2, 0.25) is 0 Å². The second-order valence-corrected chi connectivity index (χ2v) is 6.67. The van der Waals surface area contributed by atoms with Gasteiger partial charge in [-0.25, -0.2) is 0 Å². The van der Waals surface area contributed by atoms with Crippen molar-refractivity contribution in [3.63, 3.8) is 0 Å². The number of methoxy groups -OCH3 is 2. The summed E-state index contributed by atoms with van der Waals surface area (Å²) in [6.07, 6.45) is 1.77. The average molecular weight is 406 g/mol. The Bertz CT molecular complexity index is 847. The highest BCUT2D eigenvalue weighted by Gasteiger charge is 2.24. The lowest BCUT2D eigenvalue weighted by molar-refractivity contribution is -0.0512. The summed E-state index contributed by atoms with van der Waals surface area (Å²) in [6, 6.07) is 11.9. The number of amides is 1. The predicted octanol–water partition coefficient (Wildman–Crippen LogP) is 3.70. The van der Waals surface area contributed by atoms with E-state index in [1.165, 1.54) is 25.3 Å². The molecule has 1 atom stereocenters. The molecule has 1 aliphatic heterocycles. The summed E-state index contributed by atoms with van der Waals surface area (Å²) in [5, 5.41) is 3.02. The first-order chi connectivity index (χ1) is 14.0. The maximum absolute atomic E-state index is 12.7. The molecule has 8 heteroatoms. The summed E-state index contributed by atoms with van der Waals surface area (Å²) in [7, 11) is 2.97. The highest BCUT2D eigenvalue weighted by Crippen LogP contribution is 2.31. The van der Waals surface area contributed by atoms with Gasteiger partial charge in [-0.1, -0.05) is 12.1 Å². The van der Waals surface area contributed by atoms with Crippen molar-refractivity contribution in [1.29, 1.82) is 0 Å². The van der Waals surface area contributed by atoms with Gasteiger partial charge in [0.15, 0.2) is 11.5 Å². The minimum atomic E-state index is -2.97. The summed E-state index contributed by atoms with van der Waals surface area (Å²) < 4.78 is 39.8. The minimum Gasteiger partial charge on any atom is -0.495 e. The quantitative estimate of drug-likeness (QED) is 0.760. The number of hydrogen-bond donors (Lipinski definition) is 1. The third-order valence-electron chi connectivity index (χ3n) is 4.82. The van der Waals surface area contributed by atoms with Crippen LogP contribution in [0.2, 0.25) is 0 Å². The first kappa shape index (κ1) is 20.7. The molecule has 1 unspecified atom stereocenters. The SMILES string of the molecule is COc1cc(C(=O)NC2CCCN(c3ccccc3OC)C2)ccc1OC(F)F. The second kappa shape index (κ2) is 9.45. The summed E-state index contributed by atoms with van der Waals surface area (Å²) in [6.45, 7) is -1.44. The van der Waals surface area contributed by atoms with Crippen molar-refractivity contribution >= 4 is 11.6 Å². The number of nitrogens with one attached hydrogen (secondary N) is 1. The van der Waals surface area contributed by atoms with Crippen LogP contribution >= 0.6 is 0 Å². The fourth-order valence-corrected chi connectivity index (χ4v) is 3.48. The molecule has 29 heavy (non-hydrogen) atoms. The van der Waals surface area contributed by atoms with Crippen LogP contribution in [0, 0.1) is 0 Å². The zero-order chi connectivity index (χ0) is 20.8. The molecule has 0 bridgehead atoms. The molecule has 2 aromatic carbocycles. The predicted molar refractivity (Wildman–Crippen MR) is 105 cm³/mol. The maximum Gasteiger partial charge on any atom is 0.387 e. The molecule has 1 saturated heterocycles. The number of para-hydroxylation sites is 2. The molecule has 0 aliphatic carbocycles. The van der Waals surface area contributed by atoms with Crippen LogP contribution in [-0.2, 0) is 0 Å². The van der Waals surface area contributed by atoms with Gasteiger partial charge in [0.25, 0.3) is 5.91 Å². The van der Waals surface area contributed by atoms with Crippen molar-refractivity contribution in [2.75, 3.05) is 32.2 Å². The third-order valence-corrected chi connectivity index (χ3v) is 4.82. The van der Waals surface area contributed by atoms with Crippen LogP contribution in [0.1, 0.15) is 23.2 Å². The van der Waals surface area contributed by atoms with Gasteiger partial charge in [-0.3, -0.25) is 4.79 Å². The number of ether oxygens (including phenoxy) is 3. The van der Waals surface area contributed by atoms with Crippen LogP contribution in [0.25, 0.3) is 0 Å². The zero-order valence-corrected chi connectivity index (χ0v) is 16.4. The van der Waals surface area contributed by atoms with Crippen LogP contribution in [0.3, 0.4) is 0 Å². The number of benzene rings is 2. The number of rotatable bonds is 7. The summed E-state index contributed by atoms with van der Waals surface area (Å²) in [4.78, 5) is 14.9. The lowest BCUT2D eigenvalue weighted by Crippen LogP contribution is -2.47. The number of anilines is 1. The Balaban J connectivity index is 1.69. The molecule has 6 nitrogen and oxygen atoms in total. The minimum absolute atomic E-state index is 0.0517. The number of nitrogens with zero attached hydrogens (tertiary/aromatic N) is 1. The number of carbonyl (C=O) groups excluding carboxylic acids is 1. The lowest BCUT2D eigenvalue weighted by atomic mass is 10.0. The van der Waals surface area contributed by atoms with E-state index in [1.54, 1.807) is 7.11 Å². The standard InChI is InChI=1S/C21H24F2N2O4/c1-27-17-8-4-3-7-16(17)25-11-5-6-15(13-25)24-20(26)14-9-10-18(29-21(22)23)19(12-14)28-2/h3-4,7-10,12,15,21H,5-6,11,13H2,1-2H3,(H,24,26). The van der Waals surface area contributed by atoms with Gasteiger partial charge in [0.1, 0.15) is 5.75 Å². The Hall–Kier alpha value is -3.03. The number of carbonyl (C=O) groups is 1. The number of alkyl halides is 2.